The van der Waals surface area contributed by atoms with Crippen LogP contribution in [-0.4, -0.2) is 49.9 Å². The van der Waals surface area contributed by atoms with Crippen LogP contribution in [0.2, 0.25) is 0 Å². The number of hydrogen-bond donors (Lipinski definition) is 2. The fraction of sp³-hybridized carbons (Fsp3) is 0.833. The minimum atomic E-state index is -0.117. The largest absolute Gasteiger partial charge is 0.358 e. The highest BCUT2D eigenvalue weighted by Crippen LogP contribution is 2.27. The Bertz CT molecular complexity index is 264. The summed E-state index contributed by atoms with van der Waals surface area (Å²) in [6.45, 7) is 4.06. The topological polar surface area (TPSA) is 61.4 Å². The van der Waals surface area contributed by atoms with Gasteiger partial charge in [0.2, 0.25) is 11.8 Å². The Hall–Kier alpha value is -1.10. The molecule has 2 N–H and O–H groups in total. The lowest BCUT2D eigenvalue weighted by atomic mass is 10.3. The van der Waals surface area contributed by atoms with Gasteiger partial charge in [-0.05, 0) is 31.7 Å². The average Bonchev–Trinajstić information content (AvgIpc) is 3.12. The Morgan fingerprint density at radius 1 is 1.35 bits per heavy atom. The number of nitrogens with zero attached hydrogens (tertiary/aromatic N) is 1. The van der Waals surface area contributed by atoms with E-state index in [9.17, 15) is 9.59 Å². The van der Waals surface area contributed by atoms with E-state index < -0.39 is 0 Å². The molecule has 5 nitrogen and oxygen atoms in total. The lowest BCUT2D eigenvalue weighted by Crippen LogP contribution is -2.44. The molecule has 1 aliphatic carbocycles. The SMILES string of the molecule is CCCN(CC(=O)NC)C(=O)CNCC1CC1. The van der Waals surface area contributed by atoms with Gasteiger partial charge >= 0.3 is 0 Å². The minimum absolute atomic E-state index is 0.0103. The lowest BCUT2D eigenvalue weighted by molar-refractivity contribution is -0.135. The number of rotatable bonds is 8. The molecule has 1 fully saturated rings. The number of likely N-dealkylation sites (N-methyl/N-ethyl adjacent to an activating group) is 1. The Morgan fingerprint density at radius 2 is 2.06 bits per heavy atom. The number of hydrogen-bond acceptors (Lipinski definition) is 3. The van der Waals surface area contributed by atoms with Crippen LogP contribution < -0.4 is 10.6 Å². The van der Waals surface area contributed by atoms with Gasteiger partial charge in [0.1, 0.15) is 0 Å². The van der Waals surface area contributed by atoms with Gasteiger partial charge in [0, 0.05) is 13.6 Å². The molecule has 0 unspecified atom stereocenters. The number of carbonyl (C=O) groups excluding carboxylic acids is 2. The van der Waals surface area contributed by atoms with Crippen molar-refractivity contribution in [3.05, 3.63) is 0 Å². The summed E-state index contributed by atoms with van der Waals surface area (Å²) in [6.07, 6.45) is 3.42. The highest BCUT2D eigenvalue weighted by atomic mass is 16.2. The van der Waals surface area contributed by atoms with Crippen molar-refractivity contribution in [3.63, 3.8) is 0 Å². The second-order valence-electron chi connectivity index (χ2n) is 4.56. The predicted molar refractivity (Wildman–Crippen MR) is 66.5 cm³/mol. The molecule has 2 amide bonds. The fourth-order valence-corrected chi connectivity index (χ4v) is 1.63. The number of nitrogens with one attached hydrogen (secondary N) is 2. The normalized spacial score (nSPS) is 14.5. The van der Waals surface area contributed by atoms with E-state index in [0.29, 0.717) is 13.1 Å². The molecular formula is C12H23N3O2. The zero-order valence-electron chi connectivity index (χ0n) is 10.8. The summed E-state index contributed by atoms with van der Waals surface area (Å²) in [7, 11) is 1.59. The smallest absolute Gasteiger partial charge is 0.239 e. The fourth-order valence-electron chi connectivity index (χ4n) is 1.63. The average molecular weight is 241 g/mol. The molecule has 0 aromatic carbocycles. The molecule has 0 saturated heterocycles. The van der Waals surface area contributed by atoms with Crippen LogP contribution in [0.3, 0.4) is 0 Å². The molecule has 0 aromatic rings. The van der Waals surface area contributed by atoms with E-state index >= 15 is 0 Å². The van der Waals surface area contributed by atoms with Crippen LogP contribution in [-0.2, 0) is 9.59 Å². The van der Waals surface area contributed by atoms with Crippen molar-refractivity contribution in [3.8, 4) is 0 Å². The van der Waals surface area contributed by atoms with Gasteiger partial charge in [-0.1, -0.05) is 6.92 Å². The molecule has 1 rings (SSSR count). The molecule has 0 heterocycles. The maximum absolute atomic E-state index is 11.9. The van der Waals surface area contributed by atoms with E-state index in [1.54, 1.807) is 11.9 Å². The first kappa shape index (κ1) is 14.0. The van der Waals surface area contributed by atoms with Crippen LogP contribution in [0, 0.1) is 5.92 Å². The van der Waals surface area contributed by atoms with Gasteiger partial charge in [0.05, 0.1) is 13.1 Å². The summed E-state index contributed by atoms with van der Waals surface area (Å²) in [6, 6.07) is 0. The zero-order valence-corrected chi connectivity index (χ0v) is 10.8. The maximum Gasteiger partial charge on any atom is 0.239 e. The molecule has 5 heteroatoms. The molecule has 0 aliphatic heterocycles. The van der Waals surface area contributed by atoms with Gasteiger partial charge in [-0.3, -0.25) is 9.59 Å². The van der Waals surface area contributed by atoms with Crippen molar-refractivity contribution in [1.29, 1.82) is 0 Å². The molecular weight excluding hydrogens is 218 g/mol. The van der Waals surface area contributed by atoms with E-state index in [4.69, 9.17) is 0 Å². The lowest BCUT2D eigenvalue weighted by Gasteiger charge is -2.21. The Labute approximate surface area is 103 Å². The Morgan fingerprint density at radius 3 is 2.59 bits per heavy atom. The highest BCUT2D eigenvalue weighted by molar-refractivity contribution is 5.85. The van der Waals surface area contributed by atoms with Gasteiger partial charge < -0.3 is 15.5 Å². The van der Waals surface area contributed by atoms with Gasteiger partial charge in [-0.2, -0.15) is 0 Å². The van der Waals surface area contributed by atoms with Gasteiger partial charge in [0.15, 0.2) is 0 Å². The van der Waals surface area contributed by atoms with Crippen LogP contribution in [0.5, 0.6) is 0 Å². The van der Waals surface area contributed by atoms with Crippen molar-refractivity contribution in [2.45, 2.75) is 26.2 Å². The van der Waals surface area contributed by atoms with Crippen LogP contribution in [0.25, 0.3) is 0 Å². The van der Waals surface area contributed by atoms with Crippen LogP contribution in [0.1, 0.15) is 26.2 Å². The first-order chi connectivity index (χ1) is 8.17. The first-order valence-corrected chi connectivity index (χ1v) is 6.36. The van der Waals surface area contributed by atoms with Crippen molar-refractivity contribution in [2.24, 2.45) is 5.92 Å². The molecule has 0 radical (unpaired) electrons. The van der Waals surface area contributed by atoms with E-state index in [1.165, 1.54) is 12.8 Å². The summed E-state index contributed by atoms with van der Waals surface area (Å²) >= 11 is 0. The first-order valence-electron chi connectivity index (χ1n) is 6.36. The highest BCUT2D eigenvalue weighted by Gasteiger charge is 2.21. The van der Waals surface area contributed by atoms with E-state index in [0.717, 1.165) is 18.9 Å². The van der Waals surface area contributed by atoms with Crippen LogP contribution in [0.15, 0.2) is 0 Å². The third-order valence-electron chi connectivity index (χ3n) is 2.87. The van der Waals surface area contributed by atoms with Crippen molar-refractivity contribution in [2.75, 3.05) is 33.2 Å². The summed E-state index contributed by atoms with van der Waals surface area (Å²) < 4.78 is 0. The predicted octanol–water partition coefficient (Wildman–Crippen LogP) is -0.0294. The van der Waals surface area contributed by atoms with E-state index in [2.05, 4.69) is 10.6 Å². The molecule has 17 heavy (non-hydrogen) atoms. The second kappa shape index (κ2) is 7.27. The van der Waals surface area contributed by atoms with Crippen LogP contribution >= 0.6 is 0 Å². The molecule has 1 aliphatic rings. The summed E-state index contributed by atoms with van der Waals surface area (Å²) in [5, 5.41) is 5.69. The quantitative estimate of drug-likeness (QED) is 0.627. The van der Waals surface area contributed by atoms with Crippen molar-refractivity contribution >= 4 is 11.8 Å². The monoisotopic (exact) mass is 241 g/mol. The van der Waals surface area contributed by atoms with Gasteiger partial charge in [-0.25, -0.2) is 0 Å². The van der Waals surface area contributed by atoms with Gasteiger partial charge in [-0.15, -0.1) is 0 Å². The molecule has 0 atom stereocenters. The third-order valence-corrected chi connectivity index (χ3v) is 2.87. The molecule has 0 aromatic heterocycles. The summed E-state index contributed by atoms with van der Waals surface area (Å²) in [5.41, 5.74) is 0. The molecule has 98 valence electrons. The standard InChI is InChI=1S/C12H23N3O2/c1-3-6-15(9-11(16)13-2)12(17)8-14-7-10-4-5-10/h10,14H,3-9H2,1-2H3,(H,13,16). The van der Waals surface area contributed by atoms with E-state index in [-0.39, 0.29) is 18.4 Å². The second-order valence-corrected chi connectivity index (χ2v) is 4.56. The minimum Gasteiger partial charge on any atom is -0.358 e. The Balaban J connectivity index is 2.27. The zero-order chi connectivity index (χ0) is 12.7. The van der Waals surface area contributed by atoms with Gasteiger partial charge in [0.25, 0.3) is 0 Å². The number of carbonyl (C=O) groups is 2. The van der Waals surface area contributed by atoms with Crippen LogP contribution in [0.4, 0.5) is 0 Å². The van der Waals surface area contributed by atoms with Crippen molar-refractivity contribution < 1.29 is 9.59 Å². The summed E-state index contributed by atoms with van der Waals surface area (Å²) in [4.78, 5) is 24.7. The molecule has 0 spiro atoms. The summed E-state index contributed by atoms with van der Waals surface area (Å²) in [5.74, 6) is 0.659. The maximum atomic E-state index is 11.9. The van der Waals surface area contributed by atoms with Crippen molar-refractivity contribution in [1.82, 2.24) is 15.5 Å². The number of amides is 2. The molecule has 0 bridgehead atoms. The molecule has 1 saturated carbocycles. The third kappa shape index (κ3) is 5.68. The van der Waals surface area contributed by atoms with E-state index in [1.807, 2.05) is 6.92 Å². The Kier molecular flexibility index (Phi) is 5.97.